The minimum atomic E-state index is -3.88. The first-order valence-corrected chi connectivity index (χ1v) is 13.7. The third-order valence-electron chi connectivity index (χ3n) is 6.80. The zero-order chi connectivity index (χ0) is 27.0. The number of carboxylic acid groups (broad SMARTS) is 1. The van der Waals surface area contributed by atoms with Gasteiger partial charge in [-0.3, -0.25) is 4.72 Å². The fourth-order valence-corrected chi connectivity index (χ4v) is 6.00. The molecule has 14 heteroatoms. The second-order valence-corrected chi connectivity index (χ2v) is 11.0. The SMILES string of the molecule is Cc1cc(C)c(S(=O)(=O)Nc2ccc3nc(N4CCN(c5ncccn5)CC4)cc(C(=O)O)c3c2)cc1C.Cl.Cl.Cl. The van der Waals surface area contributed by atoms with Crippen LogP contribution in [0.15, 0.2) is 59.8 Å². The Morgan fingerprint density at radius 3 is 2.10 bits per heavy atom. The van der Waals surface area contributed by atoms with Crippen LogP contribution in [0.4, 0.5) is 17.5 Å². The van der Waals surface area contributed by atoms with Crippen LogP contribution in [-0.4, -0.2) is 60.6 Å². The van der Waals surface area contributed by atoms with Crippen LogP contribution in [0.25, 0.3) is 10.9 Å². The number of aromatic nitrogens is 3. The molecule has 0 aliphatic carbocycles. The van der Waals surface area contributed by atoms with Crippen molar-refractivity contribution in [1.29, 1.82) is 0 Å². The molecule has 0 amide bonds. The number of fused-ring (bicyclic) bond motifs is 1. The lowest BCUT2D eigenvalue weighted by atomic mass is 10.1. The van der Waals surface area contributed by atoms with E-state index in [2.05, 4.69) is 19.6 Å². The highest BCUT2D eigenvalue weighted by Gasteiger charge is 2.23. The predicted octanol–water partition coefficient (Wildman–Crippen LogP) is 5.04. The van der Waals surface area contributed by atoms with Crippen molar-refractivity contribution in [3.05, 3.63) is 77.1 Å². The number of nitrogens with one attached hydrogen (secondary N) is 1. The zero-order valence-corrected chi connectivity index (χ0v) is 25.8. The number of carboxylic acids is 1. The lowest BCUT2D eigenvalue weighted by Gasteiger charge is -2.35. The third-order valence-corrected chi connectivity index (χ3v) is 8.32. The largest absolute Gasteiger partial charge is 0.478 e. The number of pyridine rings is 1. The van der Waals surface area contributed by atoms with Gasteiger partial charge in [0.05, 0.1) is 16.0 Å². The molecule has 1 fully saturated rings. The van der Waals surface area contributed by atoms with E-state index in [0.717, 1.165) is 11.1 Å². The van der Waals surface area contributed by atoms with Gasteiger partial charge in [0.15, 0.2) is 0 Å². The number of carbonyl (C=O) groups is 1. The molecule has 1 aliphatic rings. The number of sulfonamides is 1. The Hall–Kier alpha value is -3.38. The quantitative estimate of drug-likeness (QED) is 0.298. The summed E-state index contributed by atoms with van der Waals surface area (Å²) < 4.78 is 28.9. The topological polar surface area (TPSA) is 129 Å². The van der Waals surface area contributed by atoms with Gasteiger partial charge < -0.3 is 14.9 Å². The summed E-state index contributed by atoms with van der Waals surface area (Å²) in [6, 6.07) is 11.6. The van der Waals surface area contributed by atoms with Gasteiger partial charge in [0.1, 0.15) is 5.82 Å². The number of aromatic carboxylic acids is 1. The van der Waals surface area contributed by atoms with Crippen LogP contribution >= 0.6 is 37.2 Å². The average molecular weight is 642 g/mol. The van der Waals surface area contributed by atoms with E-state index >= 15 is 0 Å². The van der Waals surface area contributed by atoms with Gasteiger partial charge in [0.25, 0.3) is 10.0 Å². The molecular formula is C27H31Cl3N6O4S. The fraction of sp³-hybridized carbons (Fsp3) is 0.259. The molecule has 0 radical (unpaired) electrons. The third kappa shape index (κ3) is 7.10. The van der Waals surface area contributed by atoms with Crippen molar-refractivity contribution in [3.63, 3.8) is 0 Å². The second-order valence-electron chi connectivity index (χ2n) is 9.40. The van der Waals surface area contributed by atoms with Crippen LogP contribution < -0.4 is 14.5 Å². The van der Waals surface area contributed by atoms with Crippen molar-refractivity contribution >= 4 is 81.6 Å². The summed E-state index contributed by atoms with van der Waals surface area (Å²) in [6.45, 7) is 8.15. The first-order valence-electron chi connectivity index (χ1n) is 12.2. The highest BCUT2D eigenvalue weighted by atomic mass is 35.5. The van der Waals surface area contributed by atoms with E-state index in [1.54, 1.807) is 49.6 Å². The minimum absolute atomic E-state index is 0. The van der Waals surface area contributed by atoms with Gasteiger partial charge in [-0.15, -0.1) is 37.2 Å². The van der Waals surface area contributed by atoms with Gasteiger partial charge >= 0.3 is 5.97 Å². The second kappa shape index (κ2) is 13.5. The van der Waals surface area contributed by atoms with Crippen LogP contribution in [0.5, 0.6) is 0 Å². The fourth-order valence-electron chi connectivity index (χ4n) is 4.64. The lowest BCUT2D eigenvalue weighted by Crippen LogP contribution is -2.47. The molecule has 3 heterocycles. The molecule has 2 aromatic carbocycles. The lowest BCUT2D eigenvalue weighted by molar-refractivity contribution is 0.0699. The molecule has 10 nitrogen and oxygen atoms in total. The summed E-state index contributed by atoms with van der Waals surface area (Å²) in [6.07, 6.45) is 3.41. The predicted molar refractivity (Wildman–Crippen MR) is 168 cm³/mol. The highest BCUT2D eigenvalue weighted by molar-refractivity contribution is 7.92. The minimum Gasteiger partial charge on any atom is -0.478 e. The Bertz CT molecular complexity index is 1650. The molecular weight excluding hydrogens is 611 g/mol. The summed E-state index contributed by atoms with van der Waals surface area (Å²) >= 11 is 0. The van der Waals surface area contributed by atoms with Crippen LogP contribution in [0.2, 0.25) is 0 Å². The van der Waals surface area contributed by atoms with Crippen LogP contribution in [0.3, 0.4) is 0 Å². The van der Waals surface area contributed by atoms with Gasteiger partial charge in [0.2, 0.25) is 5.95 Å². The van der Waals surface area contributed by atoms with Crippen molar-refractivity contribution in [1.82, 2.24) is 15.0 Å². The maximum atomic E-state index is 13.2. The van der Waals surface area contributed by atoms with Crippen LogP contribution in [-0.2, 0) is 10.0 Å². The molecule has 1 saturated heterocycles. The monoisotopic (exact) mass is 640 g/mol. The number of hydrogen-bond acceptors (Lipinski definition) is 8. The molecule has 41 heavy (non-hydrogen) atoms. The molecule has 0 saturated carbocycles. The molecule has 220 valence electrons. The van der Waals surface area contributed by atoms with Crippen molar-refractivity contribution in [3.8, 4) is 0 Å². The first kappa shape index (κ1) is 33.8. The van der Waals surface area contributed by atoms with Crippen molar-refractivity contribution < 1.29 is 18.3 Å². The maximum Gasteiger partial charge on any atom is 0.336 e. The number of halogens is 3. The molecule has 5 rings (SSSR count). The molecule has 0 atom stereocenters. The number of hydrogen-bond donors (Lipinski definition) is 2. The molecule has 2 aromatic heterocycles. The van der Waals surface area contributed by atoms with Gasteiger partial charge in [-0.2, -0.15) is 0 Å². The van der Waals surface area contributed by atoms with E-state index < -0.39 is 16.0 Å². The Balaban J connectivity index is 0.00000196. The van der Waals surface area contributed by atoms with Gasteiger partial charge in [-0.1, -0.05) is 6.07 Å². The van der Waals surface area contributed by atoms with Crippen LogP contribution in [0.1, 0.15) is 27.0 Å². The van der Waals surface area contributed by atoms with Crippen molar-refractivity contribution in [2.24, 2.45) is 0 Å². The molecule has 0 unspecified atom stereocenters. The molecule has 4 aromatic rings. The van der Waals surface area contributed by atoms with E-state index in [-0.39, 0.29) is 53.4 Å². The Morgan fingerprint density at radius 1 is 0.854 bits per heavy atom. The van der Waals surface area contributed by atoms with E-state index in [1.807, 2.05) is 24.8 Å². The maximum absolute atomic E-state index is 13.2. The summed E-state index contributed by atoms with van der Waals surface area (Å²) in [4.78, 5) is 29.8. The number of anilines is 3. The average Bonchev–Trinajstić information content (AvgIpc) is 2.90. The normalized spacial score (nSPS) is 13.0. The Labute approximate surface area is 257 Å². The zero-order valence-electron chi connectivity index (χ0n) is 22.6. The number of rotatable bonds is 6. The standard InChI is InChI=1S/C27H28N6O4S.3ClH/c1-17-13-19(3)24(14-18(17)2)38(36,37)31-20-5-6-23-21(15-20)22(26(34)35)16-25(30-23)32-9-11-33(12-10-32)27-28-7-4-8-29-27;;;/h4-8,13-16,31H,9-12H2,1-3H3,(H,34,35);3*1H. The highest BCUT2D eigenvalue weighted by Crippen LogP contribution is 2.29. The van der Waals surface area contributed by atoms with Gasteiger partial charge in [-0.25, -0.2) is 28.2 Å². The van der Waals surface area contributed by atoms with Gasteiger partial charge in [0, 0.05) is 49.6 Å². The van der Waals surface area contributed by atoms with Crippen LogP contribution in [0, 0.1) is 20.8 Å². The number of piperazine rings is 1. The summed E-state index contributed by atoms with van der Waals surface area (Å²) in [5, 5.41) is 10.3. The summed E-state index contributed by atoms with van der Waals surface area (Å²) in [5.41, 5.74) is 3.31. The Morgan fingerprint density at radius 2 is 1.46 bits per heavy atom. The van der Waals surface area contributed by atoms with E-state index in [1.165, 1.54) is 6.07 Å². The van der Waals surface area contributed by atoms with E-state index in [4.69, 9.17) is 4.98 Å². The number of benzene rings is 2. The summed E-state index contributed by atoms with van der Waals surface area (Å²) in [5.74, 6) is 0.110. The van der Waals surface area contributed by atoms with E-state index in [0.29, 0.717) is 54.4 Å². The summed E-state index contributed by atoms with van der Waals surface area (Å²) in [7, 11) is -3.88. The van der Waals surface area contributed by atoms with E-state index in [9.17, 15) is 18.3 Å². The van der Waals surface area contributed by atoms with Gasteiger partial charge in [-0.05, 0) is 73.9 Å². The Kier molecular flexibility index (Phi) is 11.2. The molecule has 1 aliphatic heterocycles. The molecule has 0 spiro atoms. The number of aryl methyl sites for hydroxylation is 3. The molecule has 0 bridgehead atoms. The van der Waals surface area contributed by atoms with Crippen molar-refractivity contribution in [2.75, 3.05) is 40.7 Å². The first-order chi connectivity index (χ1) is 18.1. The molecule has 2 N–H and O–H groups in total. The number of nitrogens with zero attached hydrogens (tertiary/aromatic N) is 5. The smallest absolute Gasteiger partial charge is 0.336 e. The van der Waals surface area contributed by atoms with Crippen molar-refractivity contribution in [2.45, 2.75) is 25.7 Å².